The Morgan fingerprint density at radius 3 is 2.60 bits per heavy atom. The van der Waals surface area contributed by atoms with Gasteiger partial charge in [-0.2, -0.15) is 0 Å². The monoisotopic (exact) mass is 282 g/mol. The van der Waals surface area contributed by atoms with E-state index in [9.17, 15) is 19.3 Å². The van der Waals surface area contributed by atoms with Gasteiger partial charge in [-0.1, -0.05) is 0 Å². The lowest BCUT2D eigenvalue weighted by atomic mass is 10.0. The van der Waals surface area contributed by atoms with Crippen LogP contribution in [0, 0.1) is 15.9 Å². The minimum absolute atomic E-state index is 0.163. The maximum Gasteiger partial charge on any atom is 0.338 e. The number of benzene rings is 1. The van der Waals surface area contributed by atoms with Crippen molar-refractivity contribution in [2.45, 2.75) is 32.2 Å². The molecule has 0 saturated carbocycles. The van der Waals surface area contributed by atoms with Crippen LogP contribution in [0.15, 0.2) is 12.1 Å². The summed E-state index contributed by atoms with van der Waals surface area (Å²) in [6.07, 6.45) is 1.69. The van der Waals surface area contributed by atoms with Gasteiger partial charge in [0.1, 0.15) is 11.5 Å². The fraction of sp³-hybridized carbons (Fsp3) is 0.462. The van der Waals surface area contributed by atoms with Crippen molar-refractivity contribution in [3.8, 4) is 0 Å². The zero-order valence-corrected chi connectivity index (χ0v) is 11.2. The molecule has 0 aromatic heterocycles. The van der Waals surface area contributed by atoms with Crippen LogP contribution < -0.4 is 4.90 Å². The Hall–Kier alpha value is -2.18. The van der Waals surface area contributed by atoms with Crippen molar-refractivity contribution >= 4 is 17.3 Å². The van der Waals surface area contributed by atoms with Crippen LogP contribution in [0.2, 0.25) is 0 Å². The number of carboxylic acid groups (broad SMARTS) is 1. The second-order valence-corrected chi connectivity index (χ2v) is 5.45. The summed E-state index contributed by atoms with van der Waals surface area (Å²) in [5.74, 6) is -2.53. The van der Waals surface area contributed by atoms with E-state index in [1.54, 1.807) is 4.90 Å². The van der Waals surface area contributed by atoms with Crippen LogP contribution in [0.4, 0.5) is 15.8 Å². The highest BCUT2D eigenvalue weighted by Gasteiger charge is 2.36. The topological polar surface area (TPSA) is 83.7 Å². The van der Waals surface area contributed by atoms with E-state index in [1.165, 1.54) is 0 Å². The van der Waals surface area contributed by atoms with E-state index in [0.717, 1.165) is 18.9 Å². The van der Waals surface area contributed by atoms with Crippen LogP contribution in [0.3, 0.4) is 0 Å². The molecule has 1 fully saturated rings. The first-order valence-corrected chi connectivity index (χ1v) is 6.23. The molecule has 1 saturated heterocycles. The van der Waals surface area contributed by atoms with Crippen LogP contribution in [0.5, 0.6) is 0 Å². The maximum absolute atomic E-state index is 13.6. The molecule has 1 aliphatic heterocycles. The summed E-state index contributed by atoms with van der Waals surface area (Å²) < 4.78 is 13.6. The number of hydrogen-bond donors (Lipinski definition) is 1. The van der Waals surface area contributed by atoms with Crippen molar-refractivity contribution in [2.75, 3.05) is 11.4 Å². The molecule has 0 aliphatic carbocycles. The molecule has 1 aromatic carbocycles. The van der Waals surface area contributed by atoms with E-state index in [2.05, 4.69) is 0 Å². The number of nitro benzene ring substituents is 1. The fourth-order valence-corrected chi connectivity index (χ4v) is 2.63. The minimum atomic E-state index is -1.43. The molecule has 0 radical (unpaired) electrons. The number of halogens is 1. The molecule has 7 heteroatoms. The van der Waals surface area contributed by atoms with Gasteiger partial charge in [-0.05, 0) is 32.8 Å². The van der Waals surface area contributed by atoms with Gasteiger partial charge in [-0.15, -0.1) is 0 Å². The van der Waals surface area contributed by atoms with Crippen molar-refractivity contribution in [1.82, 2.24) is 0 Å². The third kappa shape index (κ3) is 2.31. The Kier molecular flexibility index (Phi) is 3.37. The van der Waals surface area contributed by atoms with E-state index in [1.807, 2.05) is 13.8 Å². The molecule has 2 rings (SSSR count). The summed E-state index contributed by atoms with van der Waals surface area (Å²) in [6.45, 7) is 4.43. The standard InChI is InChI=1S/C13H15FN2O4/c1-13(2)4-3-5-15(13)10-6-8(12(17)18)9(14)7-11(10)16(19)20/h6-7H,3-5H2,1-2H3,(H,17,18). The average Bonchev–Trinajstić information content (AvgIpc) is 2.68. The second-order valence-electron chi connectivity index (χ2n) is 5.45. The summed E-state index contributed by atoms with van der Waals surface area (Å²) in [7, 11) is 0. The van der Waals surface area contributed by atoms with E-state index in [-0.39, 0.29) is 11.2 Å². The molecular formula is C13H15FN2O4. The van der Waals surface area contributed by atoms with Crippen molar-refractivity contribution in [3.05, 3.63) is 33.6 Å². The molecule has 108 valence electrons. The SMILES string of the molecule is CC1(C)CCCN1c1cc(C(=O)O)c(F)cc1[N+](=O)[O-]. The minimum Gasteiger partial charge on any atom is -0.478 e. The molecule has 0 atom stereocenters. The Balaban J connectivity index is 2.63. The van der Waals surface area contributed by atoms with Crippen LogP contribution in [-0.2, 0) is 0 Å². The molecule has 0 bridgehead atoms. The van der Waals surface area contributed by atoms with Gasteiger partial charge in [0.05, 0.1) is 16.6 Å². The maximum atomic E-state index is 13.6. The van der Waals surface area contributed by atoms with Gasteiger partial charge in [-0.3, -0.25) is 10.1 Å². The van der Waals surface area contributed by atoms with Gasteiger partial charge < -0.3 is 10.0 Å². The quantitative estimate of drug-likeness (QED) is 0.680. The molecule has 1 heterocycles. The van der Waals surface area contributed by atoms with E-state index in [0.29, 0.717) is 12.6 Å². The lowest BCUT2D eigenvalue weighted by molar-refractivity contribution is -0.384. The molecular weight excluding hydrogens is 267 g/mol. The van der Waals surface area contributed by atoms with Gasteiger partial charge in [0.2, 0.25) is 0 Å². The zero-order valence-electron chi connectivity index (χ0n) is 11.2. The number of nitro groups is 1. The number of anilines is 1. The zero-order chi connectivity index (χ0) is 15.1. The summed E-state index contributed by atoms with van der Waals surface area (Å²) >= 11 is 0. The third-order valence-corrected chi connectivity index (χ3v) is 3.68. The molecule has 20 heavy (non-hydrogen) atoms. The number of carboxylic acids is 1. The smallest absolute Gasteiger partial charge is 0.338 e. The number of carbonyl (C=O) groups is 1. The summed E-state index contributed by atoms with van der Waals surface area (Å²) in [6, 6.07) is 1.75. The Bertz CT molecular complexity index is 586. The van der Waals surface area contributed by atoms with Gasteiger partial charge in [0.25, 0.3) is 5.69 Å². The first-order valence-electron chi connectivity index (χ1n) is 6.23. The van der Waals surface area contributed by atoms with E-state index < -0.39 is 28.0 Å². The Morgan fingerprint density at radius 1 is 1.50 bits per heavy atom. The van der Waals surface area contributed by atoms with E-state index in [4.69, 9.17) is 5.11 Å². The second kappa shape index (κ2) is 4.73. The molecule has 0 spiro atoms. The lowest BCUT2D eigenvalue weighted by Crippen LogP contribution is -2.38. The van der Waals surface area contributed by atoms with Crippen molar-refractivity contribution in [1.29, 1.82) is 0 Å². The molecule has 1 aromatic rings. The highest BCUT2D eigenvalue weighted by atomic mass is 19.1. The summed E-state index contributed by atoms with van der Waals surface area (Å²) in [4.78, 5) is 23.2. The molecule has 1 N–H and O–H groups in total. The van der Waals surface area contributed by atoms with Gasteiger partial charge in [0.15, 0.2) is 0 Å². The number of aromatic carboxylic acids is 1. The highest BCUT2D eigenvalue weighted by Crippen LogP contribution is 2.39. The van der Waals surface area contributed by atoms with E-state index >= 15 is 0 Å². The lowest BCUT2D eigenvalue weighted by Gasteiger charge is -2.33. The molecule has 0 unspecified atom stereocenters. The summed E-state index contributed by atoms with van der Waals surface area (Å²) in [5.41, 5.74) is -1.11. The molecule has 1 aliphatic rings. The first kappa shape index (κ1) is 14.2. The third-order valence-electron chi connectivity index (χ3n) is 3.68. The fourth-order valence-electron chi connectivity index (χ4n) is 2.63. The predicted octanol–water partition coefficient (Wildman–Crippen LogP) is 2.81. The van der Waals surface area contributed by atoms with Crippen molar-refractivity contribution < 1.29 is 19.2 Å². The van der Waals surface area contributed by atoms with Crippen LogP contribution >= 0.6 is 0 Å². The van der Waals surface area contributed by atoms with Gasteiger partial charge in [-0.25, -0.2) is 9.18 Å². The normalized spacial score (nSPS) is 17.2. The first-order chi connectivity index (χ1) is 9.24. The predicted molar refractivity (Wildman–Crippen MR) is 70.7 cm³/mol. The molecule has 6 nitrogen and oxygen atoms in total. The van der Waals surface area contributed by atoms with Crippen molar-refractivity contribution in [3.63, 3.8) is 0 Å². The van der Waals surface area contributed by atoms with Crippen molar-refractivity contribution in [2.24, 2.45) is 0 Å². The Labute approximate surface area is 115 Å². The number of hydrogen-bond acceptors (Lipinski definition) is 4. The van der Waals surface area contributed by atoms with Crippen LogP contribution in [-0.4, -0.2) is 28.1 Å². The largest absolute Gasteiger partial charge is 0.478 e. The van der Waals surface area contributed by atoms with Gasteiger partial charge >= 0.3 is 5.97 Å². The average molecular weight is 282 g/mol. The van der Waals surface area contributed by atoms with Crippen LogP contribution in [0.25, 0.3) is 0 Å². The Morgan fingerprint density at radius 2 is 2.15 bits per heavy atom. The van der Waals surface area contributed by atoms with Crippen LogP contribution in [0.1, 0.15) is 37.0 Å². The number of nitrogens with zero attached hydrogens (tertiary/aromatic N) is 2. The molecule has 0 amide bonds. The van der Waals surface area contributed by atoms with Gasteiger partial charge in [0, 0.05) is 12.1 Å². The highest BCUT2D eigenvalue weighted by molar-refractivity contribution is 5.90. The summed E-state index contributed by atoms with van der Waals surface area (Å²) in [5, 5.41) is 20.1. The number of rotatable bonds is 3.